The van der Waals surface area contributed by atoms with Crippen molar-refractivity contribution < 1.29 is 18.7 Å². The van der Waals surface area contributed by atoms with Crippen molar-refractivity contribution in [3.8, 4) is 0 Å². The average Bonchev–Trinajstić information content (AvgIpc) is 2.75. The number of carbonyl (C=O) groups is 2. The zero-order valence-corrected chi connectivity index (χ0v) is 18.9. The lowest BCUT2D eigenvalue weighted by atomic mass is 10.0. The molecule has 0 unspecified atom stereocenters. The highest BCUT2D eigenvalue weighted by Gasteiger charge is 2.29. The van der Waals surface area contributed by atoms with Crippen LogP contribution < -0.4 is 5.56 Å². The van der Waals surface area contributed by atoms with E-state index in [1.165, 1.54) is 17.0 Å². The van der Waals surface area contributed by atoms with Gasteiger partial charge in [0.2, 0.25) is 5.91 Å². The van der Waals surface area contributed by atoms with E-state index in [-0.39, 0.29) is 29.7 Å². The Balaban J connectivity index is 1.70. The third-order valence-electron chi connectivity index (χ3n) is 5.68. The van der Waals surface area contributed by atoms with Crippen molar-refractivity contribution in [2.75, 3.05) is 32.8 Å². The second-order valence-electron chi connectivity index (χ2n) is 8.27. The molecule has 9 heteroatoms. The smallest absolute Gasteiger partial charge is 0.267 e. The summed E-state index contributed by atoms with van der Waals surface area (Å²) in [6.45, 7) is 8.89. The van der Waals surface area contributed by atoms with Crippen molar-refractivity contribution in [1.29, 1.82) is 0 Å². The molecule has 32 heavy (non-hydrogen) atoms. The molecule has 0 spiro atoms. The van der Waals surface area contributed by atoms with Crippen LogP contribution in [0.4, 0.5) is 4.39 Å². The minimum atomic E-state index is -0.638. The minimum Gasteiger partial charge on any atom is -0.377 e. The SMILES string of the molecule is Cc1c(Cc2ccc(F)c(C(=O)N3CCN(CCOC(C)C)C(=O)C3)c2)n[nH]c(=O)c1C. The van der Waals surface area contributed by atoms with E-state index in [9.17, 15) is 18.8 Å². The predicted molar refractivity (Wildman–Crippen MR) is 117 cm³/mol. The van der Waals surface area contributed by atoms with Crippen molar-refractivity contribution in [1.82, 2.24) is 20.0 Å². The molecule has 2 heterocycles. The number of carbonyl (C=O) groups excluding carboxylic acids is 2. The lowest BCUT2D eigenvalue weighted by molar-refractivity contribution is -0.136. The van der Waals surface area contributed by atoms with E-state index in [2.05, 4.69) is 10.2 Å². The van der Waals surface area contributed by atoms with Crippen LogP contribution in [-0.4, -0.2) is 70.7 Å². The van der Waals surface area contributed by atoms with Gasteiger partial charge in [0.05, 0.1) is 24.0 Å². The fraction of sp³-hybridized carbons (Fsp3) is 0.478. The van der Waals surface area contributed by atoms with Crippen molar-refractivity contribution >= 4 is 11.8 Å². The molecule has 1 aliphatic rings. The number of rotatable bonds is 7. The summed E-state index contributed by atoms with van der Waals surface area (Å²) < 4.78 is 20.0. The summed E-state index contributed by atoms with van der Waals surface area (Å²) in [5.41, 5.74) is 2.34. The van der Waals surface area contributed by atoms with E-state index in [1.54, 1.807) is 24.8 Å². The monoisotopic (exact) mass is 444 g/mol. The van der Waals surface area contributed by atoms with E-state index in [0.717, 1.165) is 5.56 Å². The van der Waals surface area contributed by atoms with Gasteiger partial charge in [-0.1, -0.05) is 6.07 Å². The van der Waals surface area contributed by atoms with Crippen LogP contribution in [0.3, 0.4) is 0 Å². The average molecular weight is 445 g/mol. The lowest BCUT2D eigenvalue weighted by Crippen LogP contribution is -2.53. The number of H-pyrrole nitrogens is 1. The standard InChI is InChI=1S/C23H29FN4O4/c1-14(2)32-10-9-27-7-8-28(13-21(27)29)23(31)18-11-17(5-6-19(18)24)12-20-15(3)16(4)22(30)26-25-20/h5-6,11,14H,7-10,12-13H2,1-4H3,(H,26,30). The molecule has 1 aromatic carbocycles. The first kappa shape index (κ1) is 23.6. The number of nitrogens with one attached hydrogen (secondary N) is 1. The Morgan fingerprint density at radius 2 is 1.97 bits per heavy atom. The van der Waals surface area contributed by atoms with Gasteiger partial charge in [-0.2, -0.15) is 5.10 Å². The number of hydrogen-bond donors (Lipinski definition) is 1. The molecule has 3 rings (SSSR count). The number of ether oxygens (including phenoxy) is 1. The zero-order valence-electron chi connectivity index (χ0n) is 18.9. The number of hydrogen-bond acceptors (Lipinski definition) is 5. The van der Waals surface area contributed by atoms with Crippen LogP contribution in [0.5, 0.6) is 0 Å². The molecule has 8 nitrogen and oxygen atoms in total. The summed E-state index contributed by atoms with van der Waals surface area (Å²) in [5.74, 6) is -1.34. The highest BCUT2D eigenvalue weighted by molar-refractivity contribution is 5.97. The van der Waals surface area contributed by atoms with E-state index in [1.807, 2.05) is 13.8 Å². The number of halogens is 1. The molecule has 1 N–H and O–H groups in total. The highest BCUT2D eigenvalue weighted by atomic mass is 19.1. The van der Waals surface area contributed by atoms with Crippen LogP contribution in [0.15, 0.2) is 23.0 Å². The van der Waals surface area contributed by atoms with Crippen LogP contribution in [0.25, 0.3) is 0 Å². The maximum absolute atomic E-state index is 14.5. The predicted octanol–water partition coefficient (Wildman–Crippen LogP) is 1.83. The largest absolute Gasteiger partial charge is 0.377 e. The Kier molecular flexibility index (Phi) is 7.40. The molecule has 1 aromatic heterocycles. The number of aromatic nitrogens is 2. The van der Waals surface area contributed by atoms with Crippen molar-refractivity contribution in [2.24, 2.45) is 0 Å². The first-order valence-corrected chi connectivity index (χ1v) is 10.7. The molecule has 1 aliphatic heterocycles. The normalized spacial score (nSPS) is 14.4. The number of nitrogens with zero attached hydrogens (tertiary/aromatic N) is 3. The Morgan fingerprint density at radius 1 is 1.22 bits per heavy atom. The number of aromatic amines is 1. The van der Waals surface area contributed by atoms with E-state index in [4.69, 9.17) is 4.74 Å². The molecular weight excluding hydrogens is 415 g/mol. The summed E-state index contributed by atoms with van der Waals surface area (Å²) in [7, 11) is 0. The summed E-state index contributed by atoms with van der Waals surface area (Å²) >= 11 is 0. The van der Waals surface area contributed by atoms with Gasteiger partial charge in [-0.05, 0) is 51.0 Å². The van der Waals surface area contributed by atoms with Gasteiger partial charge in [0.1, 0.15) is 12.4 Å². The summed E-state index contributed by atoms with van der Waals surface area (Å²) in [6, 6.07) is 4.33. The van der Waals surface area contributed by atoms with Crippen LogP contribution >= 0.6 is 0 Å². The number of benzene rings is 1. The quantitative estimate of drug-likeness (QED) is 0.703. The topological polar surface area (TPSA) is 95.6 Å². The molecule has 0 saturated carbocycles. The molecule has 0 bridgehead atoms. The van der Waals surface area contributed by atoms with Gasteiger partial charge >= 0.3 is 0 Å². The summed E-state index contributed by atoms with van der Waals surface area (Å²) in [6.07, 6.45) is 0.425. The maximum Gasteiger partial charge on any atom is 0.267 e. The number of amides is 2. The second kappa shape index (κ2) is 10.0. The fourth-order valence-electron chi connectivity index (χ4n) is 3.57. The highest BCUT2D eigenvalue weighted by Crippen LogP contribution is 2.18. The van der Waals surface area contributed by atoms with Crippen molar-refractivity contribution in [2.45, 2.75) is 40.2 Å². The molecule has 0 atom stereocenters. The Labute approximate surface area is 186 Å². The molecule has 0 aliphatic carbocycles. The molecule has 0 radical (unpaired) electrons. The van der Waals surface area contributed by atoms with Crippen molar-refractivity contribution in [3.05, 3.63) is 62.3 Å². The van der Waals surface area contributed by atoms with E-state index < -0.39 is 11.7 Å². The fourth-order valence-corrected chi connectivity index (χ4v) is 3.57. The minimum absolute atomic E-state index is 0.0781. The third-order valence-corrected chi connectivity index (χ3v) is 5.68. The maximum atomic E-state index is 14.5. The lowest BCUT2D eigenvalue weighted by Gasteiger charge is -2.34. The first-order valence-electron chi connectivity index (χ1n) is 10.7. The third kappa shape index (κ3) is 5.40. The van der Waals surface area contributed by atoms with Gasteiger partial charge < -0.3 is 14.5 Å². The van der Waals surface area contributed by atoms with E-state index in [0.29, 0.717) is 49.5 Å². The Bertz CT molecular complexity index is 1070. The summed E-state index contributed by atoms with van der Waals surface area (Å²) in [5, 5.41) is 6.54. The molecular formula is C23H29FN4O4. The Hall–Kier alpha value is -3.07. The van der Waals surface area contributed by atoms with Gasteiger partial charge in [-0.3, -0.25) is 14.4 Å². The van der Waals surface area contributed by atoms with Crippen LogP contribution in [0.1, 0.15) is 46.6 Å². The molecule has 1 saturated heterocycles. The zero-order chi connectivity index (χ0) is 23.4. The van der Waals surface area contributed by atoms with Gasteiger partial charge in [0.25, 0.3) is 11.5 Å². The van der Waals surface area contributed by atoms with Crippen molar-refractivity contribution in [3.63, 3.8) is 0 Å². The van der Waals surface area contributed by atoms with Crippen LogP contribution in [-0.2, 0) is 16.0 Å². The first-order chi connectivity index (χ1) is 15.2. The second-order valence-corrected chi connectivity index (χ2v) is 8.27. The molecule has 172 valence electrons. The van der Waals surface area contributed by atoms with Gasteiger partial charge in [-0.15, -0.1) is 0 Å². The molecule has 2 aromatic rings. The van der Waals surface area contributed by atoms with Crippen LogP contribution in [0, 0.1) is 19.7 Å². The Morgan fingerprint density at radius 3 is 2.66 bits per heavy atom. The van der Waals surface area contributed by atoms with Gasteiger partial charge in [-0.25, -0.2) is 9.49 Å². The van der Waals surface area contributed by atoms with Gasteiger partial charge in [0, 0.05) is 31.6 Å². The molecule has 1 fully saturated rings. The molecule has 2 amide bonds. The summed E-state index contributed by atoms with van der Waals surface area (Å²) in [4.78, 5) is 40.1. The number of piperazine rings is 1. The van der Waals surface area contributed by atoms with Crippen LogP contribution in [0.2, 0.25) is 0 Å². The van der Waals surface area contributed by atoms with Gasteiger partial charge in [0.15, 0.2) is 0 Å². The van der Waals surface area contributed by atoms with E-state index >= 15 is 0 Å².